The molecular weight excluding hydrogens is 386 g/mol. The molecule has 0 bridgehead atoms. The average molecular weight is 414 g/mol. The highest BCUT2D eigenvalue weighted by molar-refractivity contribution is 5.85. The number of rotatable bonds is 8. The predicted molar refractivity (Wildman–Crippen MR) is 125 cm³/mol. The minimum absolute atomic E-state index is 0.540. The van der Waals surface area contributed by atoms with Crippen molar-refractivity contribution >= 4 is 17.1 Å². The van der Waals surface area contributed by atoms with E-state index in [0.29, 0.717) is 19.1 Å². The van der Waals surface area contributed by atoms with Crippen LogP contribution in [0.15, 0.2) is 66.7 Å². The highest BCUT2D eigenvalue weighted by atomic mass is 16.5. The van der Waals surface area contributed by atoms with Crippen LogP contribution in [0.4, 0.5) is 0 Å². The molecule has 2 heterocycles. The molecule has 0 radical (unpaired) electrons. The number of aromatic nitrogens is 3. The van der Waals surface area contributed by atoms with Crippen LogP contribution in [-0.4, -0.2) is 27.7 Å². The van der Waals surface area contributed by atoms with Crippen LogP contribution < -0.4 is 4.74 Å². The van der Waals surface area contributed by atoms with Gasteiger partial charge in [0, 0.05) is 12.2 Å². The summed E-state index contributed by atoms with van der Waals surface area (Å²) in [5.74, 6) is 2.21. The molecule has 4 rings (SSSR count). The van der Waals surface area contributed by atoms with E-state index in [2.05, 4.69) is 34.7 Å². The Bertz CT molecular complexity index is 1180. The van der Waals surface area contributed by atoms with E-state index < -0.39 is 0 Å². The van der Waals surface area contributed by atoms with Crippen molar-refractivity contribution in [3.63, 3.8) is 0 Å². The molecule has 5 nitrogen and oxygen atoms in total. The number of hydrogen-bond donors (Lipinski definition) is 0. The first-order valence-electron chi connectivity index (χ1n) is 10.5. The lowest BCUT2D eigenvalue weighted by Gasteiger charge is -2.12. The number of benzene rings is 2. The van der Waals surface area contributed by atoms with Crippen molar-refractivity contribution in [3.8, 4) is 11.6 Å². The van der Waals surface area contributed by atoms with Gasteiger partial charge in [0.05, 0.1) is 18.7 Å². The van der Waals surface area contributed by atoms with Crippen molar-refractivity contribution in [1.29, 1.82) is 0 Å². The minimum atomic E-state index is 0.540. The third kappa shape index (κ3) is 4.84. The maximum absolute atomic E-state index is 6.07. The molecule has 0 saturated carbocycles. The van der Waals surface area contributed by atoms with E-state index in [1.54, 1.807) is 0 Å². The molecule has 0 aliphatic heterocycles. The van der Waals surface area contributed by atoms with Gasteiger partial charge >= 0.3 is 0 Å². The SMILES string of the molecule is Cc1nc(Oc2ccccc2)c2nc(C)n(CCOC/C=C/c3ccccc3)c2c1C. The fourth-order valence-electron chi connectivity index (χ4n) is 3.55. The molecule has 31 heavy (non-hydrogen) atoms. The second-order valence-electron chi connectivity index (χ2n) is 7.44. The van der Waals surface area contributed by atoms with Crippen molar-refractivity contribution in [2.75, 3.05) is 13.2 Å². The number of hydrogen-bond acceptors (Lipinski definition) is 4. The highest BCUT2D eigenvalue weighted by Gasteiger charge is 2.18. The normalized spacial score (nSPS) is 11.5. The van der Waals surface area contributed by atoms with E-state index in [-0.39, 0.29) is 0 Å². The molecule has 2 aromatic carbocycles. The van der Waals surface area contributed by atoms with Crippen LogP contribution in [0.2, 0.25) is 0 Å². The molecule has 0 atom stereocenters. The molecule has 0 spiro atoms. The Morgan fingerprint density at radius 2 is 1.61 bits per heavy atom. The largest absolute Gasteiger partial charge is 0.437 e. The third-order valence-corrected chi connectivity index (χ3v) is 5.27. The molecule has 2 aromatic heterocycles. The number of imidazole rings is 1. The average Bonchev–Trinajstić information content (AvgIpc) is 3.12. The topological polar surface area (TPSA) is 49.2 Å². The molecule has 0 amide bonds. The van der Waals surface area contributed by atoms with Crippen molar-refractivity contribution in [3.05, 3.63) is 89.4 Å². The number of para-hydroxylation sites is 1. The fraction of sp³-hybridized carbons (Fsp3) is 0.231. The molecule has 5 heteroatoms. The smallest absolute Gasteiger partial charge is 0.247 e. The van der Waals surface area contributed by atoms with Gasteiger partial charge in [0.2, 0.25) is 5.88 Å². The number of pyridine rings is 1. The summed E-state index contributed by atoms with van der Waals surface area (Å²) in [4.78, 5) is 9.43. The second-order valence-corrected chi connectivity index (χ2v) is 7.44. The van der Waals surface area contributed by atoms with Crippen molar-refractivity contribution in [2.24, 2.45) is 0 Å². The monoisotopic (exact) mass is 413 g/mol. The molecule has 0 saturated heterocycles. The van der Waals surface area contributed by atoms with Gasteiger partial charge in [-0.25, -0.2) is 9.97 Å². The van der Waals surface area contributed by atoms with E-state index in [9.17, 15) is 0 Å². The number of aryl methyl sites for hydroxylation is 3. The molecule has 0 fully saturated rings. The van der Waals surface area contributed by atoms with Crippen molar-refractivity contribution < 1.29 is 9.47 Å². The molecular formula is C26H27N3O2. The van der Waals surface area contributed by atoms with E-state index in [4.69, 9.17) is 14.5 Å². The van der Waals surface area contributed by atoms with Crippen LogP contribution in [-0.2, 0) is 11.3 Å². The first-order chi connectivity index (χ1) is 15.1. The maximum atomic E-state index is 6.07. The van der Waals surface area contributed by atoms with Crippen LogP contribution in [0, 0.1) is 20.8 Å². The maximum Gasteiger partial charge on any atom is 0.247 e. The van der Waals surface area contributed by atoms with Gasteiger partial charge < -0.3 is 14.0 Å². The fourth-order valence-corrected chi connectivity index (χ4v) is 3.55. The van der Waals surface area contributed by atoms with E-state index >= 15 is 0 Å². The summed E-state index contributed by atoms with van der Waals surface area (Å²) in [5.41, 5.74) is 5.06. The van der Waals surface area contributed by atoms with E-state index in [0.717, 1.165) is 40.4 Å². The van der Waals surface area contributed by atoms with Crippen LogP contribution in [0.1, 0.15) is 22.6 Å². The zero-order chi connectivity index (χ0) is 21.6. The van der Waals surface area contributed by atoms with Gasteiger partial charge in [-0.1, -0.05) is 60.7 Å². The highest BCUT2D eigenvalue weighted by Crippen LogP contribution is 2.31. The van der Waals surface area contributed by atoms with Gasteiger partial charge in [-0.3, -0.25) is 0 Å². The van der Waals surface area contributed by atoms with E-state index in [1.807, 2.05) is 68.5 Å². The standard InChI is InChI=1S/C26H27N3O2/c1-19-20(2)27-26(31-23-14-8-5-9-15-23)24-25(19)29(21(3)28-24)16-18-30-17-10-13-22-11-6-4-7-12-22/h4-15H,16-18H2,1-3H3/b13-10+. The van der Waals surface area contributed by atoms with Gasteiger partial charge in [0.15, 0.2) is 5.52 Å². The van der Waals surface area contributed by atoms with Crippen molar-refractivity contribution in [2.45, 2.75) is 27.3 Å². The molecule has 0 aliphatic rings. The first kappa shape index (κ1) is 20.8. The minimum Gasteiger partial charge on any atom is -0.437 e. The number of fused-ring (bicyclic) bond motifs is 1. The van der Waals surface area contributed by atoms with Crippen LogP contribution in [0.25, 0.3) is 17.1 Å². The quantitative estimate of drug-likeness (QED) is 0.339. The summed E-state index contributed by atoms with van der Waals surface area (Å²) in [6.07, 6.45) is 4.11. The molecule has 0 N–H and O–H groups in total. The Morgan fingerprint density at radius 1 is 0.903 bits per heavy atom. The van der Waals surface area contributed by atoms with Gasteiger partial charge in [0.1, 0.15) is 11.6 Å². The lowest BCUT2D eigenvalue weighted by atomic mass is 10.2. The lowest BCUT2D eigenvalue weighted by Crippen LogP contribution is -2.09. The summed E-state index contributed by atoms with van der Waals surface area (Å²) in [5, 5.41) is 0. The zero-order valence-electron chi connectivity index (χ0n) is 18.2. The number of nitrogens with zero attached hydrogens (tertiary/aromatic N) is 3. The van der Waals surface area contributed by atoms with Gasteiger partial charge in [-0.15, -0.1) is 0 Å². The first-order valence-corrected chi connectivity index (χ1v) is 10.5. The van der Waals surface area contributed by atoms with Crippen molar-refractivity contribution in [1.82, 2.24) is 14.5 Å². The predicted octanol–water partition coefficient (Wildman–Crippen LogP) is 5.88. The summed E-state index contributed by atoms with van der Waals surface area (Å²) in [6.45, 7) is 7.98. The molecule has 0 unspecified atom stereocenters. The molecule has 4 aromatic rings. The summed E-state index contributed by atoms with van der Waals surface area (Å²) in [7, 11) is 0. The summed E-state index contributed by atoms with van der Waals surface area (Å²) in [6, 6.07) is 19.9. The third-order valence-electron chi connectivity index (χ3n) is 5.27. The molecule has 158 valence electrons. The Morgan fingerprint density at radius 3 is 2.35 bits per heavy atom. The number of ether oxygens (including phenoxy) is 2. The molecule has 0 aliphatic carbocycles. The Labute approximate surface area is 183 Å². The summed E-state index contributed by atoms with van der Waals surface area (Å²) < 4.78 is 14.1. The zero-order valence-corrected chi connectivity index (χ0v) is 18.2. The van der Waals surface area contributed by atoms with Crippen LogP contribution in [0.5, 0.6) is 11.6 Å². The van der Waals surface area contributed by atoms with E-state index in [1.165, 1.54) is 5.56 Å². The van der Waals surface area contributed by atoms with Crippen LogP contribution in [0.3, 0.4) is 0 Å². The Hall–Kier alpha value is -3.44. The van der Waals surface area contributed by atoms with Crippen LogP contribution >= 0.6 is 0 Å². The summed E-state index contributed by atoms with van der Waals surface area (Å²) >= 11 is 0. The Kier molecular flexibility index (Phi) is 6.43. The second kappa shape index (κ2) is 9.58. The lowest BCUT2D eigenvalue weighted by molar-refractivity contribution is 0.154. The Balaban J connectivity index is 1.49. The van der Waals surface area contributed by atoms with Gasteiger partial charge in [-0.2, -0.15) is 0 Å². The van der Waals surface area contributed by atoms with Gasteiger partial charge in [-0.05, 0) is 44.0 Å². The van der Waals surface area contributed by atoms with Gasteiger partial charge in [0.25, 0.3) is 0 Å².